The van der Waals surface area contributed by atoms with Crippen molar-refractivity contribution in [2.75, 3.05) is 0 Å². The first-order chi connectivity index (χ1) is 6.43. The number of aliphatic hydroxyl groups excluding tert-OH is 2. The highest BCUT2D eigenvalue weighted by molar-refractivity contribution is 5.89. The first kappa shape index (κ1) is 11.1. The van der Waals surface area contributed by atoms with Crippen LogP contribution in [-0.4, -0.2) is 46.4 Å². The molecule has 6 heteroatoms. The van der Waals surface area contributed by atoms with Gasteiger partial charge in [-0.05, 0) is 6.92 Å². The van der Waals surface area contributed by atoms with E-state index in [4.69, 9.17) is 4.74 Å². The van der Waals surface area contributed by atoms with Gasteiger partial charge in [0.1, 0.15) is 18.2 Å². The van der Waals surface area contributed by atoms with Crippen molar-refractivity contribution in [3.05, 3.63) is 0 Å². The third-order valence-electron chi connectivity index (χ3n) is 2.05. The molecule has 0 radical (unpaired) electrons. The van der Waals surface area contributed by atoms with Crippen molar-refractivity contribution in [3.8, 4) is 0 Å². The molecule has 0 bridgehead atoms. The van der Waals surface area contributed by atoms with Crippen LogP contribution in [0.3, 0.4) is 0 Å². The summed E-state index contributed by atoms with van der Waals surface area (Å²) >= 11 is 0. The summed E-state index contributed by atoms with van der Waals surface area (Å²) in [6.07, 6.45) is -3.63. The van der Waals surface area contributed by atoms with Crippen molar-refractivity contribution in [2.24, 2.45) is 0 Å². The molecule has 0 aromatic heterocycles. The Morgan fingerprint density at radius 1 is 1.50 bits per heavy atom. The van der Waals surface area contributed by atoms with Crippen molar-refractivity contribution < 1.29 is 24.5 Å². The minimum atomic E-state index is -1.42. The lowest BCUT2D eigenvalue weighted by Crippen LogP contribution is -2.60. The molecule has 0 aliphatic carbocycles. The summed E-state index contributed by atoms with van der Waals surface area (Å²) in [5.41, 5.74) is 0. The highest BCUT2D eigenvalue weighted by atomic mass is 16.6. The first-order valence-corrected chi connectivity index (χ1v) is 4.26. The number of carbonyl (C=O) groups is 2. The van der Waals surface area contributed by atoms with E-state index in [0.717, 1.165) is 0 Å². The number of ether oxygens (including phenoxy) is 1. The van der Waals surface area contributed by atoms with Gasteiger partial charge in [-0.15, -0.1) is 0 Å². The smallest absolute Gasteiger partial charge is 0.217 e. The number of hydrogen-bond acceptors (Lipinski definition) is 5. The van der Waals surface area contributed by atoms with Crippen molar-refractivity contribution in [3.63, 3.8) is 0 Å². The van der Waals surface area contributed by atoms with Crippen LogP contribution >= 0.6 is 0 Å². The van der Waals surface area contributed by atoms with E-state index >= 15 is 0 Å². The molecule has 0 unspecified atom stereocenters. The molecule has 6 nitrogen and oxygen atoms in total. The van der Waals surface area contributed by atoms with Crippen molar-refractivity contribution in [1.29, 1.82) is 0 Å². The Labute approximate surface area is 80.9 Å². The fourth-order valence-electron chi connectivity index (χ4n) is 1.32. The van der Waals surface area contributed by atoms with Crippen LogP contribution < -0.4 is 5.32 Å². The highest BCUT2D eigenvalue weighted by Crippen LogP contribution is 2.15. The van der Waals surface area contributed by atoms with Gasteiger partial charge in [0.2, 0.25) is 5.91 Å². The lowest BCUT2D eigenvalue weighted by molar-refractivity contribution is -0.202. The summed E-state index contributed by atoms with van der Waals surface area (Å²) in [6.45, 7) is 2.65. The highest BCUT2D eigenvalue weighted by Gasteiger charge is 2.41. The van der Waals surface area contributed by atoms with E-state index in [9.17, 15) is 19.8 Å². The van der Waals surface area contributed by atoms with Crippen LogP contribution in [0.2, 0.25) is 0 Å². The van der Waals surface area contributed by atoms with Crippen LogP contribution in [0.4, 0.5) is 0 Å². The van der Waals surface area contributed by atoms with E-state index in [2.05, 4.69) is 5.32 Å². The van der Waals surface area contributed by atoms with Gasteiger partial charge in [0, 0.05) is 6.92 Å². The van der Waals surface area contributed by atoms with E-state index < -0.39 is 36.2 Å². The van der Waals surface area contributed by atoms with Crippen molar-refractivity contribution in [2.45, 2.75) is 38.4 Å². The van der Waals surface area contributed by atoms with Gasteiger partial charge < -0.3 is 20.3 Å². The number of amides is 1. The quantitative estimate of drug-likeness (QED) is 0.465. The van der Waals surface area contributed by atoms with Crippen LogP contribution in [0.1, 0.15) is 13.8 Å². The molecule has 0 saturated carbocycles. The Bertz CT molecular complexity index is 254. The number of aliphatic hydroxyl groups is 2. The van der Waals surface area contributed by atoms with Crippen LogP contribution in [0, 0.1) is 0 Å². The molecular formula is C8H13NO5. The Balaban J connectivity index is 2.73. The van der Waals surface area contributed by atoms with Gasteiger partial charge in [-0.1, -0.05) is 0 Å². The second kappa shape index (κ2) is 4.04. The van der Waals surface area contributed by atoms with Gasteiger partial charge in [-0.2, -0.15) is 0 Å². The predicted octanol–water partition coefficient (Wildman–Crippen LogP) is -1.84. The molecule has 1 fully saturated rings. The molecule has 0 aromatic rings. The average Bonchev–Trinajstić information content (AvgIpc) is 2.09. The SMILES string of the molecule is CC(=O)N[C@H]1[C@H](O)O[C@H](C)C(=O)[C@@H]1O. The summed E-state index contributed by atoms with van der Waals surface area (Å²) in [7, 11) is 0. The standard InChI is InChI=1S/C8H13NO5/c1-3-6(11)7(12)5(8(13)14-3)9-4(2)10/h3,5,7-8,12-13H,1-2H3,(H,9,10)/t3-,5-,7-,8-/m1/s1. The van der Waals surface area contributed by atoms with Crippen molar-refractivity contribution >= 4 is 11.7 Å². The minimum absolute atomic E-state index is 0.445. The summed E-state index contributed by atoms with van der Waals surface area (Å²) in [4.78, 5) is 21.9. The molecule has 14 heavy (non-hydrogen) atoms. The Kier molecular flexibility index (Phi) is 3.20. The van der Waals surface area contributed by atoms with Gasteiger partial charge in [-0.25, -0.2) is 0 Å². The Morgan fingerprint density at radius 2 is 2.07 bits per heavy atom. The Hall–Kier alpha value is -0.980. The average molecular weight is 203 g/mol. The van der Waals surface area contributed by atoms with E-state index in [1.165, 1.54) is 13.8 Å². The number of rotatable bonds is 1. The van der Waals surface area contributed by atoms with E-state index in [-0.39, 0.29) is 0 Å². The molecule has 0 spiro atoms. The number of nitrogens with one attached hydrogen (secondary N) is 1. The molecule has 0 aromatic carbocycles. The van der Waals surface area contributed by atoms with Crippen LogP contribution in [0.5, 0.6) is 0 Å². The molecule has 4 atom stereocenters. The second-order valence-corrected chi connectivity index (χ2v) is 3.24. The predicted molar refractivity (Wildman–Crippen MR) is 45.2 cm³/mol. The topological polar surface area (TPSA) is 95.9 Å². The van der Waals surface area contributed by atoms with Gasteiger partial charge in [0.05, 0.1) is 0 Å². The van der Waals surface area contributed by atoms with Gasteiger partial charge in [0.25, 0.3) is 0 Å². The molecule has 80 valence electrons. The van der Waals surface area contributed by atoms with E-state index in [0.29, 0.717) is 0 Å². The zero-order valence-electron chi connectivity index (χ0n) is 7.93. The van der Waals surface area contributed by atoms with E-state index in [1.54, 1.807) is 0 Å². The minimum Gasteiger partial charge on any atom is -0.383 e. The molecular weight excluding hydrogens is 190 g/mol. The Morgan fingerprint density at radius 3 is 2.57 bits per heavy atom. The molecule has 1 amide bonds. The fourth-order valence-corrected chi connectivity index (χ4v) is 1.32. The molecule has 3 N–H and O–H groups in total. The first-order valence-electron chi connectivity index (χ1n) is 4.26. The summed E-state index contributed by atoms with van der Waals surface area (Å²) < 4.78 is 4.81. The maximum absolute atomic E-state index is 11.2. The molecule has 1 aliphatic heterocycles. The zero-order chi connectivity index (χ0) is 10.9. The summed E-state index contributed by atoms with van der Waals surface area (Å²) in [6, 6.07) is -1.09. The summed E-state index contributed by atoms with van der Waals surface area (Å²) in [5, 5.41) is 21.0. The second-order valence-electron chi connectivity index (χ2n) is 3.24. The number of Topliss-reactive ketones (excluding diaryl/α,β-unsaturated/α-hetero) is 1. The van der Waals surface area contributed by atoms with Gasteiger partial charge >= 0.3 is 0 Å². The van der Waals surface area contributed by atoms with Crippen molar-refractivity contribution in [1.82, 2.24) is 5.32 Å². The maximum atomic E-state index is 11.2. The van der Waals surface area contributed by atoms with E-state index in [1.807, 2.05) is 0 Å². The number of ketones is 1. The zero-order valence-corrected chi connectivity index (χ0v) is 7.93. The fraction of sp³-hybridized carbons (Fsp3) is 0.750. The third kappa shape index (κ3) is 2.09. The van der Waals surface area contributed by atoms with Crippen LogP contribution in [-0.2, 0) is 14.3 Å². The molecule has 1 heterocycles. The molecule has 1 aliphatic rings. The number of hydrogen-bond donors (Lipinski definition) is 3. The lowest BCUT2D eigenvalue weighted by atomic mass is 9.99. The maximum Gasteiger partial charge on any atom is 0.217 e. The molecule has 1 rings (SSSR count). The van der Waals surface area contributed by atoms with Gasteiger partial charge in [0.15, 0.2) is 12.1 Å². The van der Waals surface area contributed by atoms with Crippen LogP contribution in [0.25, 0.3) is 0 Å². The third-order valence-corrected chi connectivity index (χ3v) is 2.05. The van der Waals surface area contributed by atoms with Gasteiger partial charge in [-0.3, -0.25) is 9.59 Å². The number of carbonyl (C=O) groups excluding carboxylic acids is 2. The summed E-state index contributed by atoms with van der Waals surface area (Å²) in [5.74, 6) is -0.992. The lowest BCUT2D eigenvalue weighted by Gasteiger charge is -2.34. The normalized spacial score (nSPS) is 38.1. The monoisotopic (exact) mass is 203 g/mol. The molecule has 1 saturated heterocycles. The largest absolute Gasteiger partial charge is 0.383 e. The van der Waals surface area contributed by atoms with Crippen LogP contribution in [0.15, 0.2) is 0 Å².